The van der Waals surface area contributed by atoms with Crippen molar-refractivity contribution >= 4 is 33.8 Å². The van der Waals surface area contributed by atoms with Gasteiger partial charge in [-0.15, -0.1) is 0 Å². The van der Waals surface area contributed by atoms with Crippen LogP contribution in [0, 0.1) is 11.3 Å². The molecule has 0 heterocycles. The van der Waals surface area contributed by atoms with Crippen LogP contribution in [0.5, 0.6) is 5.75 Å². The number of esters is 1. The fourth-order valence-corrected chi connectivity index (χ4v) is 3.78. The Kier molecular flexibility index (Phi) is 7.79. The molecule has 0 aliphatic carbocycles. The summed E-state index contributed by atoms with van der Waals surface area (Å²) in [6, 6.07) is 21.5. The van der Waals surface area contributed by atoms with E-state index >= 15 is 0 Å². The van der Waals surface area contributed by atoms with Gasteiger partial charge in [0.2, 0.25) is 0 Å². The summed E-state index contributed by atoms with van der Waals surface area (Å²) < 4.78 is 34.9. The van der Waals surface area contributed by atoms with Gasteiger partial charge in [0.25, 0.3) is 5.91 Å². The van der Waals surface area contributed by atoms with E-state index < -0.39 is 22.0 Å². The highest BCUT2D eigenvalue weighted by molar-refractivity contribution is 7.87. The Morgan fingerprint density at radius 1 is 1.00 bits per heavy atom. The van der Waals surface area contributed by atoms with E-state index in [1.807, 2.05) is 6.07 Å². The summed E-state index contributed by atoms with van der Waals surface area (Å²) in [5, 5.41) is 12.0. The molecular weight excluding hydrogens is 456 g/mol. The fraction of sp³-hybridized carbons (Fsp3) is 0.0800. The third kappa shape index (κ3) is 6.31. The number of nitriles is 1. The molecular formula is C25H20N2O6S. The molecule has 0 bridgehead atoms. The minimum Gasteiger partial charge on any atom is -0.462 e. The number of nitrogens with zero attached hydrogens (tertiary/aromatic N) is 1. The highest BCUT2D eigenvalue weighted by Gasteiger charge is 2.16. The number of anilines is 1. The number of hydrogen-bond acceptors (Lipinski definition) is 7. The van der Waals surface area contributed by atoms with Crippen LogP contribution in [0.4, 0.5) is 5.69 Å². The van der Waals surface area contributed by atoms with Crippen molar-refractivity contribution in [2.75, 3.05) is 11.9 Å². The van der Waals surface area contributed by atoms with E-state index in [-0.39, 0.29) is 22.8 Å². The summed E-state index contributed by atoms with van der Waals surface area (Å²) in [4.78, 5) is 24.3. The summed E-state index contributed by atoms with van der Waals surface area (Å²) >= 11 is 0. The summed E-state index contributed by atoms with van der Waals surface area (Å²) in [5.74, 6) is -1.12. The Morgan fingerprint density at radius 3 is 2.35 bits per heavy atom. The molecule has 0 spiro atoms. The maximum Gasteiger partial charge on any atom is 0.339 e. The van der Waals surface area contributed by atoms with Crippen molar-refractivity contribution in [3.63, 3.8) is 0 Å². The van der Waals surface area contributed by atoms with Gasteiger partial charge in [0.15, 0.2) is 0 Å². The van der Waals surface area contributed by atoms with E-state index in [1.54, 1.807) is 37.3 Å². The van der Waals surface area contributed by atoms with Crippen molar-refractivity contribution < 1.29 is 26.9 Å². The van der Waals surface area contributed by atoms with Gasteiger partial charge < -0.3 is 14.2 Å². The molecule has 3 aromatic carbocycles. The Hall–Kier alpha value is -4.42. The first kappa shape index (κ1) is 24.2. The van der Waals surface area contributed by atoms with E-state index in [9.17, 15) is 23.3 Å². The SMILES string of the molecule is CCOC(=O)c1ccc(NC(=O)/C(C#N)=C/c2cccc(OS(=O)(=O)c3ccccc3)c2)cc1. The lowest BCUT2D eigenvalue weighted by molar-refractivity contribution is -0.112. The van der Waals surface area contributed by atoms with E-state index in [2.05, 4.69) is 5.32 Å². The van der Waals surface area contributed by atoms with E-state index in [4.69, 9.17) is 8.92 Å². The number of benzene rings is 3. The predicted molar refractivity (Wildman–Crippen MR) is 125 cm³/mol. The lowest BCUT2D eigenvalue weighted by Gasteiger charge is -2.08. The van der Waals surface area contributed by atoms with Crippen molar-refractivity contribution in [3.8, 4) is 11.8 Å². The molecule has 0 aromatic heterocycles. The molecule has 172 valence electrons. The number of rotatable bonds is 8. The summed E-state index contributed by atoms with van der Waals surface area (Å²) in [7, 11) is -4.03. The standard InChI is InChI=1S/C25H20N2O6S/c1-2-32-25(29)19-11-13-21(14-12-19)27-24(28)20(17-26)15-18-7-6-8-22(16-18)33-34(30,31)23-9-4-3-5-10-23/h3-16H,2H2,1H3,(H,27,28)/b20-15+. The van der Waals surface area contributed by atoms with Crippen LogP contribution in [0.15, 0.2) is 89.3 Å². The molecule has 0 atom stereocenters. The van der Waals surface area contributed by atoms with Crippen LogP contribution in [-0.2, 0) is 19.6 Å². The third-order valence-corrected chi connectivity index (χ3v) is 5.69. The van der Waals surface area contributed by atoms with Crippen molar-refractivity contribution in [3.05, 3.63) is 95.6 Å². The Labute approximate surface area is 197 Å². The summed E-state index contributed by atoms with van der Waals surface area (Å²) in [5.41, 5.74) is 0.895. The molecule has 34 heavy (non-hydrogen) atoms. The lowest BCUT2D eigenvalue weighted by atomic mass is 10.1. The largest absolute Gasteiger partial charge is 0.462 e. The molecule has 1 amide bonds. The molecule has 0 radical (unpaired) electrons. The van der Waals surface area contributed by atoms with Gasteiger partial charge in [-0.2, -0.15) is 13.7 Å². The lowest BCUT2D eigenvalue weighted by Crippen LogP contribution is -2.13. The molecule has 0 saturated carbocycles. The Morgan fingerprint density at radius 2 is 1.71 bits per heavy atom. The van der Waals surface area contributed by atoms with Gasteiger partial charge >= 0.3 is 16.1 Å². The molecule has 3 aromatic rings. The molecule has 3 rings (SSSR count). The molecule has 0 saturated heterocycles. The van der Waals surface area contributed by atoms with Crippen LogP contribution in [-0.4, -0.2) is 26.9 Å². The molecule has 0 fully saturated rings. The van der Waals surface area contributed by atoms with Gasteiger partial charge in [0.1, 0.15) is 22.3 Å². The summed E-state index contributed by atoms with van der Waals surface area (Å²) in [6.07, 6.45) is 1.31. The average Bonchev–Trinajstić information content (AvgIpc) is 2.83. The van der Waals surface area contributed by atoms with Crippen LogP contribution >= 0.6 is 0 Å². The molecule has 9 heteroatoms. The van der Waals surface area contributed by atoms with Gasteiger partial charge in [0, 0.05) is 5.69 Å². The van der Waals surface area contributed by atoms with Gasteiger partial charge in [-0.05, 0) is 67.1 Å². The smallest absolute Gasteiger partial charge is 0.339 e. The van der Waals surface area contributed by atoms with Gasteiger partial charge in [0.05, 0.1) is 12.2 Å². The van der Waals surface area contributed by atoms with E-state index in [0.717, 1.165) is 0 Å². The second kappa shape index (κ2) is 10.9. The second-order valence-electron chi connectivity index (χ2n) is 6.84. The first-order valence-electron chi connectivity index (χ1n) is 10.1. The van der Waals surface area contributed by atoms with Gasteiger partial charge in [-0.25, -0.2) is 4.79 Å². The minimum absolute atomic E-state index is 0.00186. The van der Waals surface area contributed by atoms with Crippen molar-refractivity contribution in [1.82, 2.24) is 0 Å². The van der Waals surface area contributed by atoms with Gasteiger partial charge in [-0.3, -0.25) is 4.79 Å². The maximum absolute atomic E-state index is 12.5. The number of amides is 1. The quantitative estimate of drug-likeness (QED) is 0.224. The van der Waals surface area contributed by atoms with Crippen LogP contribution in [0.2, 0.25) is 0 Å². The normalized spacial score (nSPS) is 11.2. The topological polar surface area (TPSA) is 123 Å². The van der Waals surface area contributed by atoms with Crippen molar-refractivity contribution in [1.29, 1.82) is 5.26 Å². The molecule has 8 nitrogen and oxygen atoms in total. The van der Waals surface area contributed by atoms with Crippen LogP contribution in [0.3, 0.4) is 0 Å². The fourth-order valence-electron chi connectivity index (χ4n) is 2.84. The highest BCUT2D eigenvalue weighted by Crippen LogP contribution is 2.21. The highest BCUT2D eigenvalue weighted by atomic mass is 32.2. The van der Waals surface area contributed by atoms with Gasteiger partial charge in [-0.1, -0.05) is 30.3 Å². The number of hydrogen-bond donors (Lipinski definition) is 1. The van der Waals surface area contributed by atoms with E-state index in [1.165, 1.54) is 54.6 Å². The summed E-state index contributed by atoms with van der Waals surface area (Å²) in [6.45, 7) is 1.95. The van der Waals surface area contributed by atoms with Crippen molar-refractivity contribution in [2.45, 2.75) is 11.8 Å². The van der Waals surface area contributed by atoms with Crippen LogP contribution in [0.25, 0.3) is 6.08 Å². The first-order chi connectivity index (χ1) is 16.3. The molecule has 0 unspecified atom stereocenters. The molecule has 1 N–H and O–H groups in total. The molecule has 0 aliphatic rings. The zero-order chi connectivity index (χ0) is 24.6. The zero-order valence-electron chi connectivity index (χ0n) is 18.1. The molecule has 0 aliphatic heterocycles. The maximum atomic E-state index is 12.5. The third-order valence-electron chi connectivity index (χ3n) is 4.43. The average molecular weight is 477 g/mol. The minimum atomic E-state index is -4.03. The number of ether oxygens (including phenoxy) is 1. The van der Waals surface area contributed by atoms with Crippen molar-refractivity contribution in [2.24, 2.45) is 0 Å². The first-order valence-corrected chi connectivity index (χ1v) is 11.5. The Bertz CT molecular complexity index is 1360. The Balaban J connectivity index is 1.74. The monoisotopic (exact) mass is 476 g/mol. The van der Waals surface area contributed by atoms with Crippen LogP contribution in [0.1, 0.15) is 22.8 Å². The van der Waals surface area contributed by atoms with Crippen LogP contribution < -0.4 is 9.50 Å². The number of carbonyl (C=O) groups excluding carboxylic acids is 2. The second-order valence-corrected chi connectivity index (χ2v) is 8.39. The number of carbonyl (C=O) groups is 2. The van der Waals surface area contributed by atoms with E-state index in [0.29, 0.717) is 16.8 Å². The predicted octanol–water partition coefficient (Wildman–Crippen LogP) is 4.18. The number of nitrogens with one attached hydrogen (secondary N) is 1. The zero-order valence-corrected chi connectivity index (χ0v) is 18.9.